The van der Waals surface area contributed by atoms with Gasteiger partial charge < -0.3 is 4.90 Å². The number of hydrogen-bond donors (Lipinski definition) is 1. The van der Waals surface area contributed by atoms with Crippen LogP contribution in [0.2, 0.25) is 0 Å². The van der Waals surface area contributed by atoms with Crippen LogP contribution in [0.25, 0.3) is 0 Å². The average molecular weight is 400 g/mol. The molecule has 9 heteroatoms. The topological polar surface area (TPSA) is 96.2 Å². The number of aromatic amines is 1. The van der Waals surface area contributed by atoms with Gasteiger partial charge in [-0.25, -0.2) is 13.4 Å². The number of sulfonamides is 1. The van der Waals surface area contributed by atoms with Gasteiger partial charge in [0.2, 0.25) is 5.91 Å². The summed E-state index contributed by atoms with van der Waals surface area (Å²) in [5.41, 5.74) is 0.506. The number of nitrogens with one attached hydrogen (secondary N) is 2. The first-order chi connectivity index (χ1) is 13.5. The number of rotatable bonds is 3. The minimum atomic E-state index is -3.60. The van der Waals surface area contributed by atoms with Crippen LogP contribution in [0.1, 0.15) is 12.5 Å². The molecule has 0 bridgehead atoms. The highest BCUT2D eigenvalue weighted by Crippen LogP contribution is 2.23. The Morgan fingerprint density at radius 2 is 1.82 bits per heavy atom. The van der Waals surface area contributed by atoms with Crippen molar-refractivity contribution in [2.24, 2.45) is 4.99 Å². The molecule has 8 nitrogen and oxygen atoms in total. The molecule has 0 unspecified atom stereocenters. The molecular formula is C19H22N5O3S+. The highest BCUT2D eigenvalue weighted by molar-refractivity contribution is 7.90. The predicted octanol–water partition coefficient (Wildman–Crippen LogP) is 0.277. The molecule has 1 saturated heterocycles. The van der Waals surface area contributed by atoms with Crippen LogP contribution in [-0.4, -0.2) is 57.3 Å². The van der Waals surface area contributed by atoms with Gasteiger partial charge in [0.1, 0.15) is 25.0 Å². The van der Waals surface area contributed by atoms with Gasteiger partial charge >= 0.3 is 0 Å². The number of amidine groups is 1. The Bertz CT molecular complexity index is 1010. The highest BCUT2D eigenvalue weighted by atomic mass is 32.2. The second-order valence-corrected chi connectivity index (χ2v) is 8.47. The number of carbonyl (C=O) groups excluding carboxylic acids is 1. The van der Waals surface area contributed by atoms with Gasteiger partial charge in [0.05, 0.1) is 24.2 Å². The molecule has 1 amide bonds. The summed E-state index contributed by atoms with van der Waals surface area (Å²) in [6.07, 6.45) is 1.88. The zero-order valence-electron chi connectivity index (χ0n) is 15.5. The van der Waals surface area contributed by atoms with Crippen LogP contribution in [0.5, 0.6) is 0 Å². The minimum Gasteiger partial charge on any atom is -0.333 e. The summed E-state index contributed by atoms with van der Waals surface area (Å²) >= 11 is 0. The number of nitrogens with zero attached hydrogens (tertiary/aromatic N) is 3. The van der Waals surface area contributed by atoms with Gasteiger partial charge in [0.25, 0.3) is 15.8 Å². The van der Waals surface area contributed by atoms with Gasteiger partial charge in [-0.1, -0.05) is 18.2 Å². The molecule has 1 aromatic carbocycles. The van der Waals surface area contributed by atoms with Crippen molar-refractivity contribution in [3.8, 4) is 0 Å². The Labute approximate surface area is 164 Å². The highest BCUT2D eigenvalue weighted by Gasteiger charge is 2.33. The Morgan fingerprint density at radius 1 is 1.11 bits per heavy atom. The van der Waals surface area contributed by atoms with E-state index in [4.69, 9.17) is 0 Å². The predicted molar refractivity (Wildman–Crippen MR) is 105 cm³/mol. The van der Waals surface area contributed by atoms with E-state index in [2.05, 4.69) is 19.6 Å². The molecule has 2 aliphatic rings. The second-order valence-electron chi connectivity index (χ2n) is 6.82. The molecule has 0 saturated carbocycles. The van der Waals surface area contributed by atoms with Crippen LogP contribution in [0.15, 0.2) is 58.5 Å². The molecule has 2 aliphatic heterocycles. The van der Waals surface area contributed by atoms with Crippen molar-refractivity contribution in [1.82, 2.24) is 9.62 Å². The van der Waals surface area contributed by atoms with Crippen LogP contribution in [0.3, 0.4) is 0 Å². The van der Waals surface area contributed by atoms with E-state index in [0.717, 1.165) is 18.9 Å². The van der Waals surface area contributed by atoms with Crippen LogP contribution in [0, 0.1) is 0 Å². The smallest absolute Gasteiger partial charge is 0.274 e. The van der Waals surface area contributed by atoms with Gasteiger partial charge in [-0.05, 0) is 25.1 Å². The van der Waals surface area contributed by atoms with Crippen molar-refractivity contribution < 1.29 is 18.2 Å². The second kappa shape index (κ2) is 7.23. The van der Waals surface area contributed by atoms with E-state index in [1.165, 1.54) is 6.07 Å². The lowest BCUT2D eigenvalue weighted by atomic mass is 10.2. The quantitative estimate of drug-likeness (QED) is 0.800. The lowest BCUT2D eigenvalue weighted by Crippen LogP contribution is -2.52. The van der Waals surface area contributed by atoms with E-state index < -0.39 is 16.1 Å². The molecule has 0 spiro atoms. The molecule has 1 aromatic heterocycles. The summed E-state index contributed by atoms with van der Waals surface area (Å²) in [4.78, 5) is 24.6. The first kappa shape index (κ1) is 18.4. The number of benzene rings is 1. The fraction of sp³-hybridized carbons (Fsp3) is 0.316. The zero-order chi connectivity index (χ0) is 19.7. The van der Waals surface area contributed by atoms with Crippen LogP contribution in [-0.2, 0) is 14.8 Å². The number of H-pyrrole nitrogens is 1. The number of hydrogen-bond acceptors (Lipinski definition) is 5. The molecule has 28 heavy (non-hydrogen) atoms. The number of fused-ring (bicyclic) bond motifs is 1. The van der Waals surface area contributed by atoms with E-state index in [-0.39, 0.29) is 16.6 Å². The van der Waals surface area contributed by atoms with Crippen molar-refractivity contribution in [2.45, 2.75) is 17.9 Å². The van der Waals surface area contributed by atoms with Crippen molar-refractivity contribution in [3.05, 3.63) is 54.2 Å². The van der Waals surface area contributed by atoms with Gasteiger partial charge in [-0.3, -0.25) is 19.4 Å². The standard InChI is InChI=1S/C19H21N5O3S/c1-14(21-18-15-6-2-3-7-16(15)28(26,27)22-18)19(25)24-12-10-23(11-13-24)17-8-4-5-9-20-17/h2-9,14H,10-13H2,1H3,(H,21,22)/p+1/t14-/m1/s1. The maximum atomic E-state index is 12.8. The number of anilines is 1. The minimum absolute atomic E-state index is 0.104. The van der Waals surface area contributed by atoms with Crippen molar-refractivity contribution >= 4 is 27.6 Å². The van der Waals surface area contributed by atoms with Crippen molar-refractivity contribution in [1.29, 1.82) is 0 Å². The average Bonchev–Trinajstić information content (AvgIpc) is 2.98. The van der Waals surface area contributed by atoms with Gasteiger partial charge in [-0.15, -0.1) is 0 Å². The van der Waals surface area contributed by atoms with E-state index in [9.17, 15) is 13.2 Å². The summed E-state index contributed by atoms with van der Waals surface area (Å²) < 4.78 is 26.8. The first-order valence-corrected chi connectivity index (χ1v) is 10.6. The molecule has 146 valence electrons. The van der Waals surface area contributed by atoms with Gasteiger partial charge in [0.15, 0.2) is 0 Å². The lowest BCUT2D eigenvalue weighted by Gasteiger charge is -2.31. The Balaban J connectivity index is 1.44. The zero-order valence-corrected chi connectivity index (χ0v) is 16.3. The number of carbonyl (C=O) groups is 1. The first-order valence-electron chi connectivity index (χ1n) is 9.16. The third-order valence-electron chi connectivity index (χ3n) is 4.97. The molecule has 2 N–H and O–H groups in total. The molecule has 3 heterocycles. The summed E-state index contributed by atoms with van der Waals surface area (Å²) in [5.74, 6) is 1.15. The number of piperazine rings is 1. The monoisotopic (exact) mass is 400 g/mol. The number of aromatic nitrogens is 1. The maximum absolute atomic E-state index is 12.8. The summed E-state index contributed by atoms with van der Waals surface area (Å²) in [5, 5.41) is 0. The van der Waals surface area contributed by atoms with Crippen LogP contribution < -0.4 is 14.6 Å². The summed E-state index contributed by atoms with van der Waals surface area (Å²) in [6.45, 7) is 4.34. The maximum Gasteiger partial charge on any atom is 0.274 e. The summed E-state index contributed by atoms with van der Waals surface area (Å²) in [6, 6.07) is 11.9. The SMILES string of the molecule is C[C@@H](N=C1NS(=O)(=O)c2ccccc21)C(=O)N1CCN(c2cccc[nH+]2)CC1. The fourth-order valence-corrected chi connectivity index (χ4v) is 4.73. The number of aliphatic imine (C=N–C) groups is 1. The summed E-state index contributed by atoms with van der Waals surface area (Å²) in [7, 11) is -3.60. The Hall–Kier alpha value is -2.94. The van der Waals surface area contributed by atoms with E-state index in [1.54, 1.807) is 30.0 Å². The van der Waals surface area contributed by atoms with Crippen molar-refractivity contribution in [2.75, 3.05) is 31.1 Å². The van der Waals surface area contributed by atoms with Crippen LogP contribution in [0.4, 0.5) is 5.82 Å². The van der Waals surface area contributed by atoms with Gasteiger partial charge in [-0.2, -0.15) is 0 Å². The molecule has 1 fully saturated rings. The van der Waals surface area contributed by atoms with Crippen LogP contribution >= 0.6 is 0 Å². The molecule has 0 aliphatic carbocycles. The molecule has 2 aromatic rings. The largest absolute Gasteiger partial charge is 0.333 e. The van der Waals surface area contributed by atoms with Gasteiger partial charge in [0, 0.05) is 11.6 Å². The lowest BCUT2D eigenvalue weighted by molar-refractivity contribution is -0.364. The molecular weight excluding hydrogens is 378 g/mol. The third-order valence-corrected chi connectivity index (χ3v) is 6.36. The Kier molecular flexibility index (Phi) is 4.76. The third kappa shape index (κ3) is 3.45. The van der Waals surface area contributed by atoms with E-state index in [1.807, 2.05) is 24.4 Å². The molecule has 4 rings (SSSR count). The van der Waals surface area contributed by atoms with E-state index in [0.29, 0.717) is 18.7 Å². The number of amides is 1. The normalized spacial score (nSPS) is 20.5. The van der Waals surface area contributed by atoms with E-state index >= 15 is 0 Å². The van der Waals surface area contributed by atoms with Crippen molar-refractivity contribution in [3.63, 3.8) is 0 Å². The molecule has 1 atom stereocenters. The fourth-order valence-electron chi connectivity index (χ4n) is 3.49. The Morgan fingerprint density at radius 3 is 2.54 bits per heavy atom. The molecule has 0 radical (unpaired) electrons. The number of pyridine rings is 1.